The van der Waals surface area contributed by atoms with Crippen molar-refractivity contribution in [1.29, 1.82) is 0 Å². The second-order valence-corrected chi connectivity index (χ2v) is 7.30. The van der Waals surface area contributed by atoms with Crippen LogP contribution in [-0.4, -0.2) is 45.5 Å². The van der Waals surface area contributed by atoms with E-state index < -0.39 is 0 Å². The zero-order chi connectivity index (χ0) is 19.3. The lowest BCUT2D eigenvalue weighted by Gasteiger charge is -2.19. The number of unbranched alkanes of at least 4 members (excludes halogenated alkanes) is 1. The number of hydrogen-bond acceptors (Lipinski definition) is 4. The summed E-state index contributed by atoms with van der Waals surface area (Å²) in [4.78, 5) is 11.4. The molecule has 148 valence electrons. The Labute approximate surface area is 158 Å². The van der Waals surface area contributed by atoms with Gasteiger partial charge in [0.05, 0.1) is 26.4 Å². The molecule has 5 nitrogen and oxygen atoms in total. The van der Waals surface area contributed by atoms with Crippen molar-refractivity contribution in [2.75, 3.05) is 39.6 Å². The maximum atomic E-state index is 11.4. The van der Waals surface area contributed by atoms with E-state index in [1.807, 2.05) is 12.1 Å². The molecule has 0 saturated heterocycles. The van der Waals surface area contributed by atoms with E-state index in [-0.39, 0.29) is 11.3 Å². The quantitative estimate of drug-likeness (QED) is 0.542. The van der Waals surface area contributed by atoms with Gasteiger partial charge in [-0.15, -0.1) is 0 Å². The van der Waals surface area contributed by atoms with Gasteiger partial charge in [-0.1, -0.05) is 46.2 Å². The summed E-state index contributed by atoms with van der Waals surface area (Å²) in [6.07, 6.45) is 2.56. The number of amides is 1. The average Bonchev–Trinajstić information content (AvgIpc) is 2.61. The fraction of sp³-hybridized carbons (Fsp3) is 0.667. The van der Waals surface area contributed by atoms with Crippen molar-refractivity contribution < 1.29 is 19.0 Å². The lowest BCUT2D eigenvalue weighted by atomic mass is 9.87. The second-order valence-electron chi connectivity index (χ2n) is 7.30. The highest BCUT2D eigenvalue weighted by atomic mass is 16.5. The highest BCUT2D eigenvalue weighted by Gasteiger charge is 2.12. The van der Waals surface area contributed by atoms with Gasteiger partial charge in [-0.2, -0.15) is 0 Å². The molecule has 0 aliphatic heterocycles. The normalized spacial score (nSPS) is 11.4. The monoisotopic (exact) mass is 365 g/mol. The molecule has 0 atom stereocenters. The van der Waals surface area contributed by atoms with Crippen LogP contribution in [-0.2, 0) is 19.7 Å². The number of carbonyl (C=O) groups excluding carboxylic acids is 1. The van der Waals surface area contributed by atoms with Gasteiger partial charge in [-0.05, 0) is 29.5 Å². The third-order valence-corrected chi connectivity index (χ3v) is 3.91. The van der Waals surface area contributed by atoms with Gasteiger partial charge < -0.3 is 19.5 Å². The van der Waals surface area contributed by atoms with Crippen molar-refractivity contribution in [2.45, 2.75) is 52.4 Å². The first-order valence-corrected chi connectivity index (χ1v) is 9.59. The van der Waals surface area contributed by atoms with Crippen LogP contribution >= 0.6 is 0 Å². The van der Waals surface area contributed by atoms with Crippen LogP contribution in [0.3, 0.4) is 0 Å². The topological polar surface area (TPSA) is 56.8 Å². The Balaban J connectivity index is 1.96. The van der Waals surface area contributed by atoms with Gasteiger partial charge in [0.1, 0.15) is 12.4 Å². The Morgan fingerprint density at radius 3 is 2.19 bits per heavy atom. The van der Waals surface area contributed by atoms with Gasteiger partial charge in [-0.25, -0.2) is 0 Å². The smallest absolute Gasteiger partial charge is 0.220 e. The number of rotatable bonds is 13. The summed E-state index contributed by atoms with van der Waals surface area (Å²) in [5.41, 5.74) is 1.44. The summed E-state index contributed by atoms with van der Waals surface area (Å²) in [7, 11) is 0. The van der Waals surface area contributed by atoms with E-state index in [0.29, 0.717) is 46.0 Å². The maximum Gasteiger partial charge on any atom is 0.220 e. The summed E-state index contributed by atoms with van der Waals surface area (Å²) in [6.45, 7) is 11.8. The van der Waals surface area contributed by atoms with Crippen LogP contribution in [0.25, 0.3) is 0 Å². The van der Waals surface area contributed by atoms with Crippen LogP contribution in [0.15, 0.2) is 24.3 Å². The summed E-state index contributed by atoms with van der Waals surface area (Å²) in [6, 6.07) is 8.20. The Morgan fingerprint density at radius 1 is 0.962 bits per heavy atom. The van der Waals surface area contributed by atoms with Gasteiger partial charge in [0, 0.05) is 13.0 Å². The van der Waals surface area contributed by atoms with Crippen molar-refractivity contribution in [3.8, 4) is 5.75 Å². The lowest BCUT2D eigenvalue weighted by molar-refractivity contribution is -0.121. The molecular formula is C21H35NO4. The largest absolute Gasteiger partial charge is 0.491 e. The first-order chi connectivity index (χ1) is 12.4. The molecule has 5 heteroatoms. The maximum absolute atomic E-state index is 11.4. The molecule has 1 aromatic rings. The first-order valence-electron chi connectivity index (χ1n) is 9.59. The molecule has 0 unspecified atom stereocenters. The molecule has 0 aromatic heterocycles. The van der Waals surface area contributed by atoms with Crippen molar-refractivity contribution in [3.05, 3.63) is 29.8 Å². The highest BCUT2D eigenvalue weighted by Crippen LogP contribution is 2.24. The number of nitrogens with one attached hydrogen (secondary N) is 1. The fourth-order valence-electron chi connectivity index (χ4n) is 2.28. The molecule has 1 rings (SSSR count). The van der Waals surface area contributed by atoms with E-state index in [4.69, 9.17) is 14.2 Å². The third kappa shape index (κ3) is 10.4. The minimum Gasteiger partial charge on any atom is -0.491 e. The molecule has 0 bridgehead atoms. The summed E-state index contributed by atoms with van der Waals surface area (Å²) in [5.74, 6) is 0.955. The summed E-state index contributed by atoms with van der Waals surface area (Å²) in [5, 5.41) is 2.84. The molecule has 0 radical (unpaired) electrons. The fourth-order valence-corrected chi connectivity index (χ4v) is 2.28. The van der Waals surface area contributed by atoms with Crippen LogP contribution in [0.5, 0.6) is 5.75 Å². The Hall–Kier alpha value is -1.59. The van der Waals surface area contributed by atoms with Gasteiger partial charge in [0.2, 0.25) is 5.91 Å². The van der Waals surface area contributed by atoms with Crippen molar-refractivity contribution in [1.82, 2.24) is 5.32 Å². The van der Waals surface area contributed by atoms with Crippen LogP contribution in [0.1, 0.15) is 52.5 Å². The van der Waals surface area contributed by atoms with Crippen LogP contribution in [0, 0.1) is 0 Å². The van der Waals surface area contributed by atoms with E-state index in [1.54, 1.807) is 0 Å². The molecule has 0 saturated carbocycles. The van der Waals surface area contributed by atoms with Crippen molar-refractivity contribution in [3.63, 3.8) is 0 Å². The van der Waals surface area contributed by atoms with Crippen LogP contribution in [0.4, 0.5) is 0 Å². The third-order valence-electron chi connectivity index (χ3n) is 3.91. The van der Waals surface area contributed by atoms with E-state index in [9.17, 15) is 4.79 Å². The standard InChI is InChI=1S/C21H35NO4/c1-5-6-7-20(23)22-12-13-24-14-15-25-16-17-26-19-10-8-18(9-11-19)21(2,3)4/h8-11H,5-7,12-17H2,1-4H3,(H,22,23). The molecule has 1 aromatic carbocycles. The molecule has 0 fully saturated rings. The molecule has 0 spiro atoms. The predicted octanol–water partition coefficient (Wildman–Crippen LogP) is 3.70. The number of benzene rings is 1. The second kappa shape index (κ2) is 12.7. The molecular weight excluding hydrogens is 330 g/mol. The Bertz CT molecular complexity index is 494. The number of ether oxygens (including phenoxy) is 3. The first kappa shape index (κ1) is 22.5. The highest BCUT2D eigenvalue weighted by molar-refractivity contribution is 5.75. The van der Waals surface area contributed by atoms with E-state index in [2.05, 4.69) is 45.1 Å². The van der Waals surface area contributed by atoms with Crippen LogP contribution in [0.2, 0.25) is 0 Å². The molecule has 26 heavy (non-hydrogen) atoms. The van der Waals surface area contributed by atoms with Crippen LogP contribution < -0.4 is 10.1 Å². The molecule has 0 aliphatic rings. The molecule has 1 amide bonds. The predicted molar refractivity (Wildman–Crippen MR) is 105 cm³/mol. The van der Waals surface area contributed by atoms with Crippen molar-refractivity contribution >= 4 is 5.91 Å². The zero-order valence-corrected chi connectivity index (χ0v) is 16.8. The SMILES string of the molecule is CCCCC(=O)NCCOCCOCCOc1ccc(C(C)(C)C)cc1. The number of carbonyl (C=O) groups is 1. The van der Waals surface area contributed by atoms with E-state index in [0.717, 1.165) is 18.6 Å². The Morgan fingerprint density at radius 2 is 1.58 bits per heavy atom. The minimum absolute atomic E-state index is 0.0966. The molecule has 1 N–H and O–H groups in total. The van der Waals surface area contributed by atoms with Crippen molar-refractivity contribution in [2.24, 2.45) is 0 Å². The summed E-state index contributed by atoms with van der Waals surface area (Å²) >= 11 is 0. The average molecular weight is 366 g/mol. The lowest BCUT2D eigenvalue weighted by Crippen LogP contribution is -2.27. The van der Waals surface area contributed by atoms with E-state index >= 15 is 0 Å². The van der Waals surface area contributed by atoms with E-state index in [1.165, 1.54) is 5.56 Å². The summed E-state index contributed by atoms with van der Waals surface area (Å²) < 4.78 is 16.6. The number of hydrogen-bond donors (Lipinski definition) is 1. The molecule has 0 heterocycles. The zero-order valence-electron chi connectivity index (χ0n) is 16.8. The minimum atomic E-state index is 0.0966. The van der Waals surface area contributed by atoms with Gasteiger partial charge >= 0.3 is 0 Å². The Kier molecular flexibility index (Phi) is 11.0. The van der Waals surface area contributed by atoms with Gasteiger partial charge in [-0.3, -0.25) is 4.79 Å². The van der Waals surface area contributed by atoms with Gasteiger partial charge in [0.25, 0.3) is 0 Å². The molecule has 0 aliphatic carbocycles. The van der Waals surface area contributed by atoms with Gasteiger partial charge in [0.15, 0.2) is 0 Å².